The summed E-state index contributed by atoms with van der Waals surface area (Å²) in [7, 11) is 0. The lowest BCUT2D eigenvalue weighted by Crippen LogP contribution is -2.11. The van der Waals surface area contributed by atoms with Crippen LogP contribution in [0.3, 0.4) is 0 Å². The molecule has 1 aromatic heterocycles. The van der Waals surface area contributed by atoms with E-state index in [9.17, 15) is 4.79 Å². The average molecular weight is 315 g/mol. The minimum atomic E-state index is -0.182. The molecule has 21 heavy (non-hydrogen) atoms. The topological polar surface area (TPSA) is 42.0 Å². The first kappa shape index (κ1) is 13.8. The molecule has 1 N–H and O–H groups in total. The molecule has 0 bridgehead atoms. The van der Waals surface area contributed by atoms with Crippen LogP contribution in [0, 0.1) is 0 Å². The highest BCUT2D eigenvalue weighted by Gasteiger charge is 2.16. The molecule has 0 aliphatic rings. The standard InChI is InChI=1S/C16H11ClN2OS/c17-12-7-4-8-13(9-12)19-16(20)15-14(18-10-21-15)11-5-2-1-3-6-11/h1-10H,(H,19,20). The maximum Gasteiger partial charge on any atom is 0.268 e. The second-order valence-electron chi connectivity index (χ2n) is 4.36. The van der Waals surface area contributed by atoms with E-state index >= 15 is 0 Å². The SMILES string of the molecule is O=C(Nc1cccc(Cl)c1)c1scnc1-c1ccccc1. The van der Waals surface area contributed by atoms with Crippen molar-refractivity contribution in [1.29, 1.82) is 0 Å². The molecule has 0 saturated carbocycles. The van der Waals surface area contributed by atoms with Crippen LogP contribution in [0.1, 0.15) is 9.67 Å². The molecule has 3 nitrogen and oxygen atoms in total. The number of rotatable bonds is 3. The molecule has 0 aliphatic carbocycles. The van der Waals surface area contributed by atoms with Crippen molar-refractivity contribution in [1.82, 2.24) is 4.98 Å². The van der Waals surface area contributed by atoms with E-state index < -0.39 is 0 Å². The fourth-order valence-corrected chi connectivity index (χ4v) is 2.86. The first-order valence-corrected chi connectivity index (χ1v) is 7.55. The third-order valence-corrected chi connectivity index (χ3v) is 3.96. The summed E-state index contributed by atoms with van der Waals surface area (Å²) in [6.45, 7) is 0. The van der Waals surface area contributed by atoms with Gasteiger partial charge in [-0.2, -0.15) is 0 Å². The summed E-state index contributed by atoms with van der Waals surface area (Å²) in [5.41, 5.74) is 3.96. The minimum absolute atomic E-state index is 0.182. The van der Waals surface area contributed by atoms with Crippen LogP contribution in [0.15, 0.2) is 60.1 Å². The number of aromatic nitrogens is 1. The smallest absolute Gasteiger partial charge is 0.268 e. The fraction of sp³-hybridized carbons (Fsp3) is 0. The maximum atomic E-state index is 12.4. The summed E-state index contributed by atoms with van der Waals surface area (Å²) in [6.07, 6.45) is 0. The number of anilines is 1. The number of amides is 1. The van der Waals surface area contributed by atoms with Gasteiger partial charge >= 0.3 is 0 Å². The Labute approximate surface area is 131 Å². The van der Waals surface area contributed by atoms with E-state index in [0.29, 0.717) is 21.3 Å². The lowest BCUT2D eigenvalue weighted by molar-refractivity contribution is 0.103. The Bertz CT molecular complexity index is 771. The fourth-order valence-electron chi connectivity index (χ4n) is 1.96. The zero-order chi connectivity index (χ0) is 14.7. The number of hydrogen-bond acceptors (Lipinski definition) is 3. The molecule has 3 rings (SSSR count). The van der Waals surface area contributed by atoms with Gasteiger partial charge in [-0.3, -0.25) is 4.79 Å². The second-order valence-corrected chi connectivity index (χ2v) is 5.65. The summed E-state index contributed by atoms with van der Waals surface area (Å²) in [5, 5.41) is 3.43. The van der Waals surface area contributed by atoms with E-state index in [4.69, 9.17) is 11.6 Å². The number of thiazole rings is 1. The van der Waals surface area contributed by atoms with Crippen molar-refractivity contribution in [3.63, 3.8) is 0 Å². The summed E-state index contributed by atoms with van der Waals surface area (Å²) < 4.78 is 0. The van der Waals surface area contributed by atoms with Crippen molar-refractivity contribution >= 4 is 34.5 Å². The monoisotopic (exact) mass is 314 g/mol. The molecular formula is C16H11ClN2OS. The predicted molar refractivity (Wildman–Crippen MR) is 87.0 cm³/mol. The van der Waals surface area contributed by atoms with Crippen LogP contribution in [0.2, 0.25) is 5.02 Å². The molecular weight excluding hydrogens is 304 g/mol. The first-order chi connectivity index (χ1) is 10.2. The normalized spacial score (nSPS) is 10.3. The third-order valence-electron chi connectivity index (χ3n) is 2.90. The Morgan fingerprint density at radius 2 is 1.90 bits per heavy atom. The molecule has 0 atom stereocenters. The Kier molecular flexibility index (Phi) is 3.99. The van der Waals surface area contributed by atoms with Crippen molar-refractivity contribution in [2.24, 2.45) is 0 Å². The van der Waals surface area contributed by atoms with Crippen molar-refractivity contribution in [2.45, 2.75) is 0 Å². The summed E-state index contributed by atoms with van der Waals surface area (Å²) in [4.78, 5) is 17.3. The van der Waals surface area contributed by atoms with Crippen LogP contribution in [-0.4, -0.2) is 10.9 Å². The van der Waals surface area contributed by atoms with Gasteiger partial charge in [0.2, 0.25) is 0 Å². The largest absolute Gasteiger partial charge is 0.321 e. The van der Waals surface area contributed by atoms with Gasteiger partial charge in [0, 0.05) is 16.3 Å². The molecule has 5 heteroatoms. The molecule has 0 spiro atoms. The van der Waals surface area contributed by atoms with Crippen LogP contribution >= 0.6 is 22.9 Å². The van der Waals surface area contributed by atoms with Gasteiger partial charge in [-0.1, -0.05) is 48.0 Å². The van der Waals surface area contributed by atoms with Gasteiger partial charge in [-0.25, -0.2) is 4.98 Å². The molecule has 1 heterocycles. The maximum absolute atomic E-state index is 12.4. The van der Waals surface area contributed by atoms with Gasteiger partial charge in [0.25, 0.3) is 5.91 Å². The molecule has 2 aromatic carbocycles. The molecule has 104 valence electrons. The summed E-state index contributed by atoms with van der Waals surface area (Å²) in [5.74, 6) is -0.182. The number of carbonyl (C=O) groups is 1. The van der Waals surface area contributed by atoms with Gasteiger partial charge in [0.05, 0.1) is 11.2 Å². The van der Waals surface area contributed by atoms with Gasteiger partial charge in [0.15, 0.2) is 0 Å². The number of hydrogen-bond donors (Lipinski definition) is 1. The van der Waals surface area contributed by atoms with Crippen molar-refractivity contribution in [3.05, 3.63) is 70.0 Å². The Hall–Kier alpha value is -2.17. The van der Waals surface area contributed by atoms with E-state index in [1.54, 1.807) is 29.8 Å². The van der Waals surface area contributed by atoms with E-state index in [2.05, 4.69) is 10.3 Å². The number of halogens is 1. The first-order valence-electron chi connectivity index (χ1n) is 6.30. The molecule has 1 amide bonds. The highest BCUT2D eigenvalue weighted by molar-refractivity contribution is 7.12. The van der Waals surface area contributed by atoms with Gasteiger partial charge in [-0.05, 0) is 18.2 Å². The van der Waals surface area contributed by atoms with Crippen molar-refractivity contribution in [2.75, 3.05) is 5.32 Å². The second kappa shape index (κ2) is 6.08. The Morgan fingerprint density at radius 3 is 2.67 bits per heavy atom. The zero-order valence-electron chi connectivity index (χ0n) is 10.9. The average Bonchev–Trinajstić information content (AvgIpc) is 2.98. The number of benzene rings is 2. The number of carbonyl (C=O) groups excluding carboxylic acids is 1. The molecule has 0 aliphatic heterocycles. The Morgan fingerprint density at radius 1 is 1.10 bits per heavy atom. The minimum Gasteiger partial charge on any atom is -0.321 e. The van der Waals surface area contributed by atoms with E-state index in [-0.39, 0.29) is 5.91 Å². The lowest BCUT2D eigenvalue weighted by Gasteiger charge is -2.05. The predicted octanol–water partition coefficient (Wildman–Crippen LogP) is 4.72. The molecule has 0 fully saturated rings. The van der Waals surface area contributed by atoms with Crippen LogP contribution in [0.5, 0.6) is 0 Å². The van der Waals surface area contributed by atoms with Crippen molar-refractivity contribution in [3.8, 4) is 11.3 Å². The number of nitrogens with one attached hydrogen (secondary N) is 1. The molecule has 0 saturated heterocycles. The zero-order valence-corrected chi connectivity index (χ0v) is 12.5. The van der Waals surface area contributed by atoms with Crippen LogP contribution in [0.4, 0.5) is 5.69 Å². The van der Waals surface area contributed by atoms with Crippen LogP contribution in [-0.2, 0) is 0 Å². The lowest BCUT2D eigenvalue weighted by atomic mass is 10.1. The highest BCUT2D eigenvalue weighted by atomic mass is 35.5. The quantitative estimate of drug-likeness (QED) is 0.760. The highest BCUT2D eigenvalue weighted by Crippen LogP contribution is 2.26. The van der Waals surface area contributed by atoms with Crippen LogP contribution < -0.4 is 5.32 Å². The molecule has 3 aromatic rings. The van der Waals surface area contributed by atoms with Gasteiger partial charge < -0.3 is 5.32 Å². The van der Waals surface area contributed by atoms with Gasteiger partial charge in [0.1, 0.15) is 4.88 Å². The van der Waals surface area contributed by atoms with E-state index in [0.717, 1.165) is 5.56 Å². The Balaban J connectivity index is 1.88. The van der Waals surface area contributed by atoms with E-state index in [1.807, 2.05) is 30.3 Å². The molecule has 0 radical (unpaired) electrons. The van der Waals surface area contributed by atoms with Gasteiger partial charge in [-0.15, -0.1) is 11.3 Å². The van der Waals surface area contributed by atoms with Crippen LogP contribution in [0.25, 0.3) is 11.3 Å². The molecule has 0 unspecified atom stereocenters. The number of nitrogens with zero attached hydrogens (tertiary/aromatic N) is 1. The van der Waals surface area contributed by atoms with E-state index in [1.165, 1.54) is 11.3 Å². The summed E-state index contributed by atoms with van der Waals surface area (Å²) in [6, 6.07) is 16.7. The van der Waals surface area contributed by atoms with Crippen molar-refractivity contribution < 1.29 is 4.79 Å². The third kappa shape index (κ3) is 3.12. The summed E-state index contributed by atoms with van der Waals surface area (Å²) >= 11 is 7.24.